The average molecular weight is 310 g/mol. The maximum absolute atomic E-state index is 11.8. The molecule has 0 radical (unpaired) electrons. The van der Waals surface area contributed by atoms with Gasteiger partial charge in [-0.15, -0.1) is 0 Å². The third kappa shape index (κ3) is 3.18. The number of oxazole rings is 1. The molecule has 0 unspecified atom stereocenters. The van der Waals surface area contributed by atoms with Crippen LogP contribution in [0.1, 0.15) is 13.8 Å². The second-order valence-electron chi connectivity index (χ2n) is 5.57. The molecule has 0 aliphatic carbocycles. The highest BCUT2D eigenvalue weighted by molar-refractivity contribution is 5.94. The van der Waals surface area contributed by atoms with E-state index in [2.05, 4.69) is 10.3 Å². The standard InChI is InChI=1S/C18H18N2O3/c1-11(2)17(21)19-13-6-9-15-16(10-13)23-18(20-15)12-4-7-14(22-3)8-5-12/h4-11H,1-3H3,(H,19,21). The van der Waals surface area contributed by atoms with Crippen LogP contribution in [0.5, 0.6) is 5.75 Å². The monoisotopic (exact) mass is 310 g/mol. The van der Waals surface area contributed by atoms with Crippen molar-refractivity contribution >= 4 is 22.7 Å². The molecule has 0 aliphatic heterocycles. The molecule has 0 aliphatic rings. The van der Waals surface area contributed by atoms with E-state index in [4.69, 9.17) is 9.15 Å². The van der Waals surface area contributed by atoms with E-state index >= 15 is 0 Å². The molecule has 3 aromatic rings. The second kappa shape index (κ2) is 6.12. The first kappa shape index (κ1) is 15.1. The van der Waals surface area contributed by atoms with Crippen molar-refractivity contribution in [2.45, 2.75) is 13.8 Å². The normalized spacial score (nSPS) is 11.0. The summed E-state index contributed by atoms with van der Waals surface area (Å²) >= 11 is 0. The SMILES string of the molecule is COc1ccc(-c2nc3ccc(NC(=O)C(C)C)cc3o2)cc1. The third-order valence-corrected chi connectivity index (χ3v) is 3.52. The molecule has 1 heterocycles. The molecule has 1 N–H and O–H groups in total. The molecule has 0 atom stereocenters. The molecule has 0 fully saturated rings. The Bertz CT molecular complexity index is 835. The van der Waals surface area contributed by atoms with Gasteiger partial charge in [0.05, 0.1) is 7.11 Å². The summed E-state index contributed by atoms with van der Waals surface area (Å²) in [6.45, 7) is 3.70. The van der Waals surface area contributed by atoms with Gasteiger partial charge in [-0.05, 0) is 36.4 Å². The highest BCUT2D eigenvalue weighted by Crippen LogP contribution is 2.27. The van der Waals surface area contributed by atoms with Gasteiger partial charge in [0.15, 0.2) is 5.58 Å². The molecule has 0 spiro atoms. The van der Waals surface area contributed by atoms with Crippen molar-refractivity contribution in [1.29, 1.82) is 0 Å². The first-order valence-corrected chi connectivity index (χ1v) is 7.42. The maximum Gasteiger partial charge on any atom is 0.227 e. The van der Waals surface area contributed by atoms with Crippen molar-refractivity contribution in [1.82, 2.24) is 4.98 Å². The van der Waals surface area contributed by atoms with Crippen molar-refractivity contribution in [3.05, 3.63) is 42.5 Å². The fourth-order valence-corrected chi connectivity index (χ4v) is 2.15. The Labute approximate surface area is 134 Å². The Balaban J connectivity index is 1.90. The van der Waals surface area contributed by atoms with Gasteiger partial charge in [0.25, 0.3) is 0 Å². The van der Waals surface area contributed by atoms with Gasteiger partial charge in [0.2, 0.25) is 11.8 Å². The Morgan fingerprint density at radius 3 is 2.57 bits per heavy atom. The molecular formula is C18H18N2O3. The van der Waals surface area contributed by atoms with Crippen LogP contribution >= 0.6 is 0 Å². The molecule has 0 bridgehead atoms. The number of anilines is 1. The lowest BCUT2D eigenvalue weighted by Gasteiger charge is -2.06. The summed E-state index contributed by atoms with van der Waals surface area (Å²) in [6.07, 6.45) is 0. The van der Waals surface area contributed by atoms with Gasteiger partial charge in [-0.1, -0.05) is 13.8 Å². The van der Waals surface area contributed by atoms with Crippen LogP contribution in [0.2, 0.25) is 0 Å². The first-order valence-electron chi connectivity index (χ1n) is 7.42. The second-order valence-corrected chi connectivity index (χ2v) is 5.57. The Hall–Kier alpha value is -2.82. The van der Waals surface area contributed by atoms with E-state index in [0.29, 0.717) is 17.2 Å². The van der Waals surface area contributed by atoms with Gasteiger partial charge in [-0.3, -0.25) is 4.79 Å². The van der Waals surface area contributed by atoms with Crippen LogP contribution in [0.4, 0.5) is 5.69 Å². The molecule has 5 nitrogen and oxygen atoms in total. The van der Waals surface area contributed by atoms with Crippen molar-refractivity contribution < 1.29 is 13.9 Å². The minimum atomic E-state index is -0.0738. The van der Waals surface area contributed by atoms with Crippen LogP contribution in [0.25, 0.3) is 22.6 Å². The number of hydrogen-bond donors (Lipinski definition) is 1. The number of ether oxygens (including phenoxy) is 1. The lowest BCUT2D eigenvalue weighted by Crippen LogP contribution is -2.17. The van der Waals surface area contributed by atoms with Crippen LogP contribution in [0.15, 0.2) is 46.9 Å². The number of hydrogen-bond acceptors (Lipinski definition) is 4. The number of carbonyl (C=O) groups excluding carboxylic acids is 1. The zero-order valence-corrected chi connectivity index (χ0v) is 13.3. The molecular weight excluding hydrogens is 292 g/mol. The highest BCUT2D eigenvalue weighted by Gasteiger charge is 2.11. The average Bonchev–Trinajstić information content (AvgIpc) is 2.98. The van der Waals surface area contributed by atoms with Crippen LogP contribution < -0.4 is 10.1 Å². The molecule has 2 aromatic carbocycles. The molecule has 5 heteroatoms. The molecule has 1 amide bonds. The number of amides is 1. The van der Waals surface area contributed by atoms with Gasteiger partial charge in [0, 0.05) is 23.2 Å². The van der Waals surface area contributed by atoms with Crippen LogP contribution in [-0.4, -0.2) is 18.0 Å². The van der Waals surface area contributed by atoms with Crippen LogP contribution in [0, 0.1) is 5.92 Å². The predicted octanol–water partition coefficient (Wildman–Crippen LogP) is 4.10. The van der Waals surface area contributed by atoms with E-state index in [1.54, 1.807) is 13.2 Å². The molecule has 1 aromatic heterocycles. The van der Waals surface area contributed by atoms with Crippen molar-refractivity contribution in [3.63, 3.8) is 0 Å². The van der Waals surface area contributed by atoms with Gasteiger partial charge in [-0.25, -0.2) is 4.98 Å². The lowest BCUT2D eigenvalue weighted by molar-refractivity contribution is -0.118. The number of nitrogens with zero attached hydrogens (tertiary/aromatic N) is 1. The molecule has 3 rings (SSSR count). The van der Waals surface area contributed by atoms with Crippen molar-refractivity contribution in [2.24, 2.45) is 5.92 Å². The molecule has 118 valence electrons. The maximum atomic E-state index is 11.8. The fourth-order valence-electron chi connectivity index (χ4n) is 2.15. The minimum Gasteiger partial charge on any atom is -0.497 e. The van der Waals surface area contributed by atoms with Gasteiger partial charge < -0.3 is 14.5 Å². The number of carbonyl (C=O) groups is 1. The summed E-state index contributed by atoms with van der Waals surface area (Å²) in [4.78, 5) is 16.2. The van der Waals surface area contributed by atoms with Gasteiger partial charge >= 0.3 is 0 Å². The summed E-state index contributed by atoms with van der Waals surface area (Å²) < 4.78 is 11.0. The third-order valence-electron chi connectivity index (χ3n) is 3.52. The fraction of sp³-hybridized carbons (Fsp3) is 0.222. The van der Waals surface area contributed by atoms with Crippen molar-refractivity contribution in [2.75, 3.05) is 12.4 Å². The number of rotatable bonds is 4. The molecule has 23 heavy (non-hydrogen) atoms. The Morgan fingerprint density at radius 2 is 1.91 bits per heavy atom. The lowest BCUT2D eigenvalue weighted by atomic mass is 10.2. The first-order chi connectivity index (χ1) is 11.1. The summed E-state index contributed by atoms with van der Waals surface area (Å²) in [5.41, 5.74) is 2.96. The van der Waals surface area contributed by atoms with E-state index in [9.17, 15) is 4.79 Å². The topological polar surface area (TPSA) is 64.4 Å². The summed E-state index contributed by atoms with van der Waals surface area (Å²) in [7, 11) is 1.63. The van der Waals surface area contributed by atoms with Crippen LogP contribution in [-0.2, 0) is 4.79 Å². The summed E-state index contributed by atoms with van der Waals surface area (Å²) in [6, 6.07) is 13.0. The van der Waals surface area contributed by atoms with E-state index in [0.717, 1.165) is 16.8 Å². The smallest absolute Gasteiger partial charge is 0.227 e. The summed E-state index contributed by atoms with van der Waals surface area (Å²) in [5, 5.41) is 2.85. The van der Waals surface area contributed by atoms with E-state index < -0.39 is 0 Å². The number of benzene rings is 2. The Morgan fingerprint density at radius 1 is 1.17 bits per heavy atom. The summed E-state index contributed by atoms with van der Waals surface area (Å²) in [5.74, 6) is 1.22. The number of nitrogens with one attached hydrogen (secondary N) is 1. The zero-order chi connectivity index (χ0) is 16.4. The van der Waals surface area contributed by atoms with E-state index in [1.165, 1.54) is 0 Å². The van der Waals surface area contributed by atoms with Gasteiger partial charge in [0.1, 0.15) is 11.3 Å². The van der Waals surface area contributed by atoms with E-state index in [-0.39, 0.29) is 11.8 Å². The van der Waals surface area contributed by atoms with Crippen molar-refractivity contribution in [3.8, 4) is 17.2 Å². The predicted molar refractivity (Wildman–Crippen MR) is 89.5 cm³/mol. The van der Waals surface area contributed by atoms with Gasteiger partial charge in [-0.2, -0.15) is 0 Å². The quantitative estimate of drug-likeness (QED) is 0.788. The largest absolute Gasteiger partial charge is 0.497 e. The molecule has 0 saturated carbocycles. The molecule has 0 saturated heterocycles. The zero-order valence-electron chi connectivity index (χ0n) is 13.3. The Kier molecular flexibility index (Phi) is 4.02. The minimum absolute atomic E-state index is 0.0285. The highest BCUT2D eigenvalue weighted by atomic mass is 16.5. The van der Waals surface area contributed by atoms with E-state index in [1.807, 2.05) is 50.2 Å². The number of methoxy groups -OCH3 is 1. The van der Waals surface area contributed by atoms with Crippen LogP contribution in [0.3, 0.4) is 0 Å². The number of aromatic nitrogens is 1. The number of fused-ring (bicyclic) bond motifs is 1.